The summed E-state index contributed by atoms with van der Waals surface area (Å²) in [4.78, 5) is 0. The lowest BCUT2D eigenvalue weighted by molar-refractivity contribution is -0.369. The van der Waals surface area contributed by atoms with Crippen LogP contribution in [0.4, 0.5) is 35.1 Å². The number of rotatable bonds is 3. The SMILES string of the molecule is OC(CC/C(F)=C/F)(C(F)(F)F)C(F)(F)F. The van der Waals surface area contributed by atoms with E-state index in [2.05, 4.69) is 0 Å². The van der Waals surface area contributed by atoms with Crippen LogP contribution in [0.1, 0.15) is 12.8 Å². The van der Waals surface area contributed by atoms with E-state index in [-0.39, 0.29) is 0 Å². The normalized spacial score (nSPS) is 15.4. The molecule has 1 N–H and O–H groups in total. The highest BCUT2D eigenvalue weighted by molar-refractivity contribution is 4.97. The highest BCUT2D eigenvalue weighted by Gasteiger charge is 2.69. The molecule has 0 aliphatic carbocycles. The molecule has 0 rings (SSSR count). The minimum atomic E-state index is -6.01. The van der Waals surface area contributed by atoms with Gasteiger partial charge in [-0.3, -0.25) is 0 Å². The molecule has 0 saturated heterocycles. The van der Waals surface area contributed by atoms with Gasteiger partial charge in [-0.25, -0.2) is 8.78 Å². The summed E-state index contributed by atoms with van der Waals surface area (Å²) >= 11 is 0. The van der Waals surface area contributed by atoms with Crippen LogP contribution < -0.4 is 0 Å². The third-order valence-electron chi connectivity index (χ3n) is 1.78. The Hall–Kier alpha value is -0.860. The van der Waals surface area contributed by atoms with Crippen molar-refractivity contribution in [3.8, 4) is 0 Å². The Balaban J connectivity index is 4.99. The molecule has 0 fully saturated rings. The maximum absolute atomic E-state index is 12.1. The molecule has 9 heteroatoms. The van der Waals surface area contributed by atoms with Crippen molar-refractivity contribution in [2.75, 3.05) is 0 Å². The van der Waals surface area contributed by atoms with Gasteiger partial charge in [-0.2, -0.15) is 26.3 Å². The molecule has 0 aliphatic heterocycles. The number of allylic oxidation sites excluding steroid dienone is 1. The lowest BCUT2D eigenvalue weighted by atomic mass is 9.96. The Morgan fingerprint density at radius 1 is 1.00 bits per heavy atom. The fraction of sp³-hybridized carbons (Fsp3) is 0.714. The largest absolute Gasteiger partial charge is 0.426 e. The lowest BCUT2D eigenvalue weighted by Gasteiger charge is -2.32. The lowest BCUT2D eigenvalue weighted by Crippen LogP contribution is -2.56. The molecule has 96 valence electrons. The van der Waals surface area contributed by atoms with Crippen molar-refractivity contribution < 1.29 is 40.2 Å². The Labute approximate surface area is 84.4 Å². The highest BCUT2D eigenvalue weighted by atomic mass is 19.4. The number of halogens is 8. The van der Waals surface area contributed by atoms with Gasteiger partial charge in [0.15, 0.2) is 0 Å². The second-order valence-corrected chi connectivity index (χ2v) is 2.91. The van der Waals surface area contributed by atoms with Crippen molar-refractivity contribution in [1.29, 1.82) is 0 Å². The van der Waals surface area contributed by atoms with Gasteiger partial charge in [-0.1, -0.05) is 0 Å². The van der Waals surface area contributed by atoms with Crippen molar-refractivity contribution in [2.45, 2.75) is 30.8 Å². The van der Waals surface area contributed by atoms with Gasteiger partial charge >= 0.3 is 12.4 Å². The van der Waals surface area contributed by atoms with Crippen LogP contribution in [-0.2, 0) is 0 Å². The van der Waals surface area contributed by atoms with E-state index in [9.17, 15) is 35.1 Å². The van der Waals surface area contributed by atoms with Crippen molar-refractivity contribution in [3.63, 3.8) is 0 Å². The van der Waals surface area contributed by atoms with Crippen LogP contribution in [0.5, 0.6) is 0 Å². The summed E-state index contributed by atoms with van der Waals surface area (Å²) in [6, 6.07) is 0. The molecular weight excluding hydrogens is 252 g/mol. The fourth-order valence-corrected chi connectivity index (χ4v) is 0.799. The Morgan fingerprint density at radius 3 is 1.62 bits per heavy atom. The Bertz CT molecular complexity index is 249. The maximum atomic E-state index is 12.1. The van der Waals surface area contributed by atoms with E-state index in [4.69, 9.17) is 5.11 Å². The molecule has 0 amide bonds. The van der Waals surface area contributed by atoms with Crippen molar-refractivity contribution in [1.82, 2.24) is 0 Å². The zero-order valence-corrected chi connectivity index (χ0v) is 7.46. The molecule has 0 saturated carbocycles. The zero-order chi connectivity index (χ0) is 13.2. The van der Waals surface area contributed by atoms with E-state index < -0.39 is 43.0 Å². The van der Waals surface area contributed by atoms with E-state index >= 15 is 0 Å². The minimum Gasteiger partial charge on any atom is -0.374 e. The summed E-state index contributed by atoms with van der Waals surface area (Å²) in [7, 11) is 0. The topological polar surface area (TPSA) is 20.2 Å². The summed E-state index contributed by atoms with van der Waals surface area (Å²) < 4.78 is 95.1. The number of aliphatic hydroxyl groups is 1. The third-order valence-corrected chi connectivity index (χ3v) is 1.78. The predicted molar refractivity (Wildman–Crippen MR) is 36.6 cm³/mol. The van der Waals surface area contributed by atoms with E-state index in [0.29, 0.717) is 0 Å². The quantitative estimate of drug-likeness (QED) is 0.769. The molecule has 0 heterocycles. The van der Waals surface area contributed by atoms with E-state index in [1.165, 1.54) is 0 Å². The molecule has 0 radical (unpaired) electrons. The van der Waals surface area contributed by atoms with Gasteiger partial charge in [0.1, 0.15) is 12.2 Å². The summed E-state index contributed by atoms with van der Waals surface area (Å²) in [6.07, 6.45) is -16.3. The molecule has 16 heavy (non-hydrogen) atoms. The van der Waals surface area contributed by atoms with Gasteiger partial charge in [-0.15, -0.1) is 0 Å². The monoisotopic (exact) mass is 258 g/mol. The number of hydrogen-bond acceptors (Lipinski definition) is 1. The summed E-state index contributed by atoms with van der Waals surface area (Å²) in [5.74, 6) is -1.81. The first-order valence-corrected chi connectivity index (χ1v) is 3.76. The van der Waals surface area contributed by atoms with Crippen LogP contribution in [0.15, 0.2) is 12.2 Å². The molecule has 1 nitrogen and oxygen atoms in total. The number of hydrogen-bond donors (Lipinski definition) is 1. The molecule has 0 spiro atoms. The van der Waals surface area contributed by atoms with Crippen LogP contribution in [-0.4, -0.2) is 23.1 Å². The van der Waals surface area contributed by atoms with Crippen LogP contribution >= 0.6 is 0 Å². The Kier molecular flexibility index (Phi) is 4.31. The first-order valence-electron chi connectivity index (χ1n) is 3.76. The highest BCUT2D eigenvalue weighted by Crippen LogP contribution is 2.46. The molecule has 0 aromatic carbocycles. The van der Waals surface area contributed by atoms with Crippen LogP contribution in [0.3, 0.4) is 0 Å². The molecule has 0 aromatic heterocycles. The van der Waals surface area contributed by atoms with E-state index in [0.717, 1.165) is 0 Å². The van der Waals surface area contributed by atoms with Crippen molar-refractivity contribution >= 4 is 0 Å². The van der Waals surface area contributed by atoms with E-state index in [1.807, 2.05) is 0 Å². The Morgan fingerprint density at radius 2 is 1.38 bits per heavy atom. The number of alkyl halides is 6. The second-order valence-electron chi connectivity index (χ2n) is 2.91. The third kappa shape index (κ3) is 3.06. The van der Waals surface area contributed by atoms with Crippen LogP contribution in [0.25, 0.3) is 0 Å². The standard InChI is InChI=1S/C7H6F8O/c8-3-4(9)1-2-5(16,6(10,11)12)7(13,14)15/h3,16H,1-2H2/b4-3-. The molecule has 0 aromatic rings. The summed E-state index contributed by atoms with van der Waals surface area (Å²) in [5.41, 5.74) is -5.04. The summed E-state index contributed by atoms with van der Waals surface area (Å²) in [5, 5.41) is 8.46. The minimum absolute atomic E-state index is 0.771. The predicted octanol–water partition coefficient (Wildman–Crippen LogP) is 3.40. The van der Waals surface area contributed by atoms with Gasteiger partial charge in [0.2, 0.25) is 0 Å². The molecule has 0 aliphatic rings. The van der Waals surface area contributed by atoms with Gasteiger partial charge < -0.3 is 5.11 Å². The first kappa shape index (κ1) is 15.1. The van der Waals surface area contributed by atoms with E-state index in [1.54, 1.807) is 0 Å². The van der Waals surface area contributed by atoms with Gasteiger partial charge in [-0.05, 0) is 0 Å². The molecule has 0 atom stereocenters. The molecule has 0 unspecified atom stereocenters. The average molecular weight is 258 g/mol. The average Bonchev–Trinajstić information content (AvgIpc) is 2.09. The second kappa shape index (κ2) is 4.56. The van der Waals surface area contributed by atoms with Crippen LogP contribution in [0.2, 0.25) is 0 Å². The van der Waals surface area contributed by atoms with Crippen LogP contribution in [0, 0.1) is 0 Å². The smallest absolute Gasteiger partial charge is 0.374 e. The van der Waals surface area contributed by atoms with Gasteiger partial charge in [0.05, 0.1) is 0 Å². The van der Waals surface area contributed by atoms with Crippen molar-refractivity contribution in [3.05, 3.63) is 12.2 Å². The van der Waals surface area contributed by atoms with Gasteiger partial charge in [0.25, 0.3) is 5.60 Å². The zero-order valence-electron chi connectivity index (χ0n) is 7.46. The van der Waals surface area contributed by atoms with Gasteiger partial charge in [0, 0.05) is 12.8 Å². The fourth-order valence-electron chi connectivity index (χ4n) is 0.799. The molecule has 0 bridgehead atoms. The maximum Gasteiger partial charge on any atom is 0.426 e. The summed E-state index contributed by atoms with van der Waals surface area (Å²) in [6.45, 7) is 0. The first-order chi connectivity index (χ1) is 6.95. The van der Waals surface area contributed by atoms with Crippen molar-refractivity contribution in [2.24, 2.45) is 0 Å². The molecular formula is C7H6F8O.